The van der Waals surface area contributed by atoms with Gasteiger partial charge in [-0.05, 0) is 44.9 Å². The number of unbranched alkanes of at least 4 members (excludes halogenated alkanes) is 40. The van der Waals surface area contributed by atoms with Crippen molar-refractivity contribution in [1.29, 1.82) is 0 Å². The second-order valence-corrected chi connectivity index (χ2v) is 21.1. The molecule has 0 aliphatic carbocycles. The van der Waals surface area contributed by atoms with Crippen molar-refractivity contribution >= 4 is 5.91 Å². The maximum atomic E-state index is 13.0. The Kier molecular flexibility index (Phi) is 47.8. The number of aliphatic hydroxyl groups excluding tert-OH is 5. The summed E-state index contributed by atoms with van der Waals surface area (Å²) in [6.45, 7) is 3.81. The normalized spacial score (nSPS) is 19.6. The second kappa shape index (κ2) is 50.2. The van der Waals surface area contributed by atoms with Gasteiger partial charge in [0.1, 0.15) is 24.4 Å². The average Bonchev–Trinajstić information content (AvgIpc) is 3.35. The summed E-state index contributed by atoms with van der Waals surface area (Å²) < 4.78 is 11.3. The molecular formula is C60H115NO8. The quantitative estimate of drug-likeness (QED) is 0.0261. The van der Waals surface area contributed by atoms with Gasteiger partial charge in [0.15, 0.2) is 6.29 Å². The van der Waals surface area contributed by atoms with Crippen molar-refractivity contribution in [3.05, 3.63) is 24.3 Å². The van der Waals surface area contributed by atoms with Gasteiger partial charge in [-0.1, -0.05) is 269 Å². The summed E-state index contributed by atoms with van der Waals surface area (Å²) in [5, 5.41) is 54.5. The Hall–Kier alpha value is -1.33. The van der Waals surface area contributed by atoms with Gasteiger partial charge in [-0.2, -0.15) is 0 Å². The Morgan fingerprint density at radius 3 is 1.17 bits per heavy atom. The summed E-state index contributed by atoms with van der Waals surface area (Å²) in [5.74, 6) is -0.178. The van der Waals surface area contributed by atoms with Crippen LogP contribution in [0.4, 0.5) is 0 Å². The monoisotopic (exact) mass is 978 g/mol. The molecule has 1 aliphatic rings. The Bertz CT molecular complexity index is 1130. The van der Waals surface area contributed by atoms with E-state index in [-0.39, 0.29) is 12.5 Å². The fourth-order valence-electron chi connectivity index (χ4n) is 9.74. The summed E-state index contributed by atoms with van der Waals surface area (Å²) >= 11 is 0. The largest absolute Gasteiger partial charge is 0.394 e. The fraction of sp³-hybridized carbons (Fsp3) is 0.917. The molecule has 1 fully saturated rings. The first-order valence-corrected chi connectivity index (χ1v) is 30.1. The van der Waals surface area contributed by atoms with E-state index < -0.39 is 49.5 Å². The van der Waals surface area contributed by atoms with Gasteiger partial charge in [-0.15, -0.1) is 0 Å². The molecule has 6 N–H and O–H groups in total. The Balaban J connectivity index is 2.18. The number of carbonyl (C=O) groups excluding carboxylic acids is 1. The van der Waals surface area contributed by atoms with Crippen molar-refractivity contribution < 1.29 is 39.8 Å². The molecule has 7 atom stereocenters. The number of nitrogens with one attached hydrogen (secondary N) is 1. The molecule has 0 aromatic carbocycles. The van der Waals surface area contributed by atoms with Crippen LogP contribution in [0.3, 0.4) is 0 Å². The molecule has 0 saturated carbocycles. The summed E-state index contributed by atoms with van der Waals surface area (Å²) in [5.41, 5.74) is 0. The van der Waals surface area contributed by atoms with Gasteiger partial charge in [-0.3, -0.25) is 4.79 Å². The van der Waals surface area contributed by atoms with Gasteiger partial charge in [0.25, 0.3) is 0 Å². The second-order valence-electron chi connectivity index (χ2n) is 21.1. The average molecular weight is 979 g/mol. The molecule has 1 aliphatic heterocycles. The number of allylic oxidation sites excluding steroid dienone is 3. The van der Waals surface area contributed by atoms with Gasteiger partial charge in [0.05, 0.1) is 25.4 Å². The number of carbonyl (C=O) groups is 1. The molecule has 69 heavy (non-hydrogen) atoms. The number of rotatable bonds is 52. The number of amides is 1. The lowest BCUT2D eigenvalue weighted by molar-refractivity contribution is -0.302. The van der Waals surface area contributed by atoms with Crippen molar-refractivity contribution in [2.75, 3.05) is 13.2 Å². The third-order valence-electron chi connectivity index (χ3n) is 14.5. The molecule has 408 valence electrons. The van der Waals surface area contributed by atoms with Gasteiger partial charge in [-0.25, -0.2) is 0 Å². The van der Waals surface area contributed by atoms with E-state index in [1.54, 1.807) is 6.08 Å². The van der Waals surface area contributed by atoms with Crippen molar-refractivity contribution in [2.24, 2.45) is 0 Å². The summed E-state index contributed by atoms with van der Waals surface area (Å²) in [7, 11) is 0. The summed E-state index contributed by atoms with van der Waals surface area (Å²) in [6.07, 6.45) is 56.8. The molecule has 0 aromatic rings. The van der Waals surface area contributed by atoms with E-state index in [1.165, 1.54) is 231 Å². The van der Waals surface area contributed by atoms with Gasteiger partial charge >= 0.3 is 0 Å². The SMILES string of the molecule is CCCCCCCC/C=C\CCCCCCCCCC(=O)NC(COC1OC(CO)C(O)C(O)C1O)C(O)/C=C/CCCCCCCCCCCCCCCCCCCCCCCCCCCCC. The van der Waals surface area contributed by atoms with Crippen LogP contribution in [0.25, 0.3) is 0 Å². The molecule has 1 heterocycles. The molecule has 1 amide bonds. The van der Waals surface area contributed by atoms with Crippen LogP contribution in [0, 0.1) is 0 Å². The van der Waals surface area contributed by atoms with E-state index >= 15 is 0 Å². The maximum absolute atomic E-state index is 13.0. The molecule has 0 radical (unpaired) electrons. The standard InChI is InChI=1S/C60H115NO8/c1-3-5-7-9-11-13-15-17-19-21-22-23-24-25-26-27-28-29-30-31-32-34-35-37-39-41-43-45-47-49-54(63)53(52-68-60-59(67)58(66)57(65)55(51-62)69-60)61-56(64)50-48-46-44-42-40-38-36-33-20-18-16-14-12-10-8-6-4-2/h18,20,47,49,53-55,57-60,62-63,65-67H,3-17,19,21-46,48,50-52H2,1-2H3,(H,61,64)/b20-18-,49-47+. The van der Waals surface area contributed by atoms with Crippen LogP contribution in [0.1, 0.15) is 296 Å². The highest BCUT2D eigenvalue weighted by Gasteiger charge is 2.44. The Morgan fingerprint density at radius 1 is 0.478 bits per heavy atom. The molecule has 9 heteroatoms. The predicted molar refractivity (Wildman–Crippen MR) is 290 cm³/mol. The zero-order chi connectivity index (χ0) is 50.1. The lowest BCUT2D eigenvalue weighted by Gasteiger charge is -2.40. The first kappa shape index (κ1) is 65.7. The van der Waals surface area contributed by atoms with Crippen LogP contribution in [0.15, 0.2) is 24.3 Å². The van der Waals surface area contributed by atoms with E-state index in [0.717, 1.165) is 44.9 Å². The van der Waals surface area contributed by atoms with E-state index in [9.17, 15) is 30.3 Å². The first-order chi connectivity index (χ1) is 33.8. The van der Waals surface area contributed by atoms with Crippen LogP contribution in [-0.4, -0.2) is 87.5 Å². The third kappa shape index (κ3) is 39.8. The lowest BCUT2D eigenvalue weighted by atomic mass is 9.99. The number of hydrogen-bond donors (Lipinski definition) is 6. The smallest absolute Gasteiger partial charge is 0.220 e. The van der Waals surface area contributed by atoms with Crippen LogP contribution in [-0.2, 0) is 14.3 Å². The van der Waals surface area contributed by atoms with Gasteiger partial charge in [0.2, 0.25) is 5.91 Å². The molecule has 0 spiro atoms. The molecular weight excluding hydrogens is 863 g/mol. The zero-order valence-electron chi connectivity index (χ0n) is 45.3. The number of hydrogen-bond acceptors (Lipinski definition) is 8. The highest BCUT2D eigenvalue weighted by molar-refractivity contribution is 5.76. The van der Waals surface area contributed by atoms with Gasteiger partial charge < -0.3 is 40.3 Å². The van der Waals surface area contributed by atoms with Crippen LogP contribution in [0.2, 0.25) is 0 Å². The number of ether oxygens (including phenoxy) is 2. The van der Waals surface area contributed by atoms with Gasteiger partial charge in [0, 0.05) is 6.42 Å². The van der Waals surface area contributed by atoms with Crippen LogP contribution >= 0.6 is 0 Å². The van der Waals surface area contributed by atoms with E-state index in [1.807, 2.05) is 6.08 Å². The highest BCUT2D eigenvalue weighted by atomic mass is 16.7. The zero-order valence-corrected chi connectivity index (χ0v) is 45.3. The maximum Gasteiger partial charge on any atom is 0.220 e. The van der Waals surface area contributed by atoms with Crippen molar-refractivity contribution in [1.82, 2.24) is 5.32 Å². The van der Waals surface area contributed by atoms with E-state index in [0.29, 0.717) is 6.42 Å². The molecule has 7 unspecified atom stereocenters. The molecule has 1 rings (SSSR count). The Morgan fingerprint density at radius 2 is 0.812 bits per heavy atom. The first-order valence-electron chi connectivity index (χ1n) is 30.1. The minimum atomic E-state index is -1.57. The van der Waals surface area contributed by atoms with Crippen molar-refractivity contribution in [2.45, 2.75) is 339 Å². The minimum absolute atomic E-state index is 0.178. The Labute approximate surface area is 426 Å². The van der Waals surface area contributed by atoms with Crippen molar-refractivity contribution in [3.63, 3.8) is 0 Å². The highest BCUT2D eigenvalue weighted by Crippen LogP contribution is 2.23. The van der Waals surface area contributed by atoms with Crippen LogP contribution in [0.5, 0.6) is 0 Å². The number of aliphatic hydroxyl groups is 5. The van der Waals surface area contributed by atoms with E-state index in [2.05, 4.69) is 31.3 Å². The van der Waals surface area contributed by atoms with Crippen LogP contribution < -0.4 is 5.32 Å². The third-order valence-corrected chi connectivity index (χ3v) is 14.5. The topological polar surface area (TPSA) is 149 Å². The molecule has 1 saturated heterocycles. The minimum Gasteiger partial charge on any atom is -0.394 e. The van der Waals surface area contributed by atoms with E-state index in [4.69, 9.17) is 9.47 Å². The summed E-state index contributed by atoms with van der Waals surface area (Å²) in [4.78, 5) is 13.0. The summed E-state index contributed by atoms with van der Waals surface area (Å²) in [6, 6.07) is -0.806. The predicted octanol–water partition coefficient (Wildman–Crippen LogP) is 15.0. The molecule has 0 bridgehead atoms. The molecule has 0 aromatic heterocycles. The molecule has 9 nitrogen and oxygen atoms in total. The fourth-order valence-corrected chi connectivity index (χ4v) is 9.74. The lowest BCUT2D eigenvalue weighted by Crippen LogP contribution is -2.60. The van der Waals surface area contributed by atoms with Crippen molar-refractivity contribution in [3.8, 4) is 0 Å².